The standard InChI is InChI=1S/C33H34O6/c1-35-30-15-9-25(10-16-30)23-38-22-21-29(34)24-39-33(26-7-5-4-6-8-26,27-11-17-31(36-2)18-12-27)28-13-19-32(37-3)20-14-28/h4-20H,21-24H2,1-3H3. The first-order chi connectivity index (χ1) is 19.1. The van der Waals surface area contributed by atoms with Crippen molar-refractivity contribution in [1.29, 1.82) is 0 Å². The number of ether oxygens (including phenoxy) is 5. The zero-order valence-electron chi connectivity index (χ0n) is 22.6. The van der Waals surface area contributed by atoms with Gasteiger partial charge in [0.2, 0.25) is 0 Å². The van der Waals surface area contributed by atoms with Crippen LogP contribution in [0.1, 0.15) is 28.7 Å². The second-order valence-corrected chi connectivity index (χ2v) is 8.98. The molecule has 4 rings (SSSR count). The molecule has 0 fully saturated rings. The van der Waals surface area contributed by atoms with E-state index < -0.39 is 5.60 Å². The highest BCUT2D eigenvalue weighted by molar-refractivity contribution is 5.80. The zero-order valence-corrected chi connectivity index (χ0v) is 22.6. The fraction of sp³-hybridized carbons (Fsp3) is 0.242. The van der Waals surface area contributed by atoms with Gasteiger partial charge in [0, 0.05) is 6.42 Å². The SMILES string of the molecule is COc1ccc(COCCC(=O)COC(c2ccccc2)(c2ccc(OC)cc2)c2ccc(OC)cc2)cc1. The molecule has 0 saturated heterocycles. The first-order valence-corrected chi connectivity index (χ1v) is 12.8. The van der Waals surface area contributed by atoms with Crippen LogP contribution >= 0.6 is 0 Å². The molecule has 0 heterocycles. The van der Waals surface area contributed by atoms with Gasteiger partial charge in [0.15, 0.2) is 5.78 Å². The molecule has 0 unspecified atom stereocenters. The maximum Gasteiger partial charge on any atom is 0.160 e. The van der Waals surface area contributed by atoms with Crippen LogP contribution in [0.5, 0.6) is 17.2 Å². The Hall–Kier alpha value is -4.13. The second kappa shape index (κ2) is 13.6. The van der Waals surface area contributed by atoms with E-state index >= 15 is 0 Å². The molecule has 4 aromatic carbocycles. The predicted molar refractivity (Wildman–Crippen MR) is 151 cm³/mol. The molecule has 0 aliphatic heterocycles. The summed E-state index contributed by atoms with van der Waals surface area (Å²) >= 11 is 0. The average molecular weight is 527 g/mol. The van der Waals surface area contributed by atoms with E-state index in [9.17, 15) is 4.79 Å². The van der Waals surface area contributed by atoms with E-state index in [0.29, 0.717) is 13.2 Å². The summed E-state index contributed by atoms with van der Waals surface area (Å²) in [5.41, 5.74) is 2.65. The van der Waals surface area contributed by atoms with Crippen LogP contribution in [0.2, 0.25) is 0 Å². The van der Waals surface area contributed by atoms with Gasteiger partial charge in [-0.05, 0) is 58.7 Å². The summed E-state index contributed by atoms with van der Waals surface area (Å²) < 4.78 is 28.4. The monoisotopic (exact) mass is 526 g/mol. The molecule has 0 aliphatic rings. The van der Waals surface area contributed by atoms with Gasteiger partial charge in [-0.2, -0.15) is 0 Å². The number of ketones is 1. The number of benzene rings is 4. The van der Waals surface area contributed by atoms with Gasteiger partial charge >= 0.3 is 0 Å². The summed E-state index contributed by atoms with van der Waals surface area (Å²) in [6.07, 6.45) is 0.242. The zero-order chi connectivity index (χ0) is 27.5. The highest BCUT2D eigenvalue weighted by atomic mass is 16.5. The lowest BCUT2D eigenvalue weighted by Crippen LogP contribution is -2.35. The molecule has 0 bridgehead atoms. The Bertz CT molecular complexity index is 1250. The van der Waals surface area contributed by atoms with Gasteiger partial charge in [-0.25, -0.2) is 0 Å². The number of hydrogen-bond acceptors (Lipinski definition) is 6. The Balaban J connectivity index is 1.54. The molecule has 4 aromatic rings. The van der Waals surface area contributed by atoms with Gasteiger partial charge in [0.25, 0.3) is 0 Å². The van der Waals surface area contributed by atoms with E-state index in [2.05, 4.69) is 0 Å². The number of methoxy groups -OCH3 is 3. The molecule has 6 nitrogen and oxygen atoms in total. The second-order valence-electron chi connectivity index (χ2n) is 8.98. The lowest BCUT2D eigenvalue weighted by molar-refractivity contribution is -0.128. The molecular weight excluding hydrogens is 492 g/mol. The Morgan fingerprint density at radius 1 is 0.615 bits per heavy atom. The van der Waals surface area contributed by atoms with Gasteiger partial charge in [-0.15, -0.1) is 0 Å². The largest absolute Gasteiger partial charge is 0.497 e. The van der Waals surface area contributed by atoms with Crippen molar-refractivity contribution < 1.29 is 28.5 Å². The smallest absolute Gasteiger partial charge is 0.160 e. The van der Waals surface area contributed by atoms with E-state index in [1.54, 1.807) is 21.3 Å². The van der Waals surface area contributed by atoms with Crippen LogP contribution in [0.4, 0.5) is 0 Å². The average Bonchev–Trinajstić information content (AvgIpc) is 3.01. The molecule has 0 radical (unpaired) electrons. The summed E-state index contributed by atoms with van der Waals surface area (Å²) in [7, 11) is 4.90. The molecular formula is C33H34O6. The van der Waals surface area contributed by atoms with E-state index in [1.165, 1.54) is 0 Å². The Morgan fingerprint density at radius 2 is 1.08 bits per heavy atom. The Kier molecular flexibility index (Phi) is 9.73. The minimum Gasteiger partial charge on any atom is -0.497 e. The maximum absolute atomic E-state index is 13.0. The number of carbonyl (C=O) groups is 1. The third-order valence-corrected chi connectivity index (χ3v) is 6.58. The minimum atomic E-state index is -1.03. The van der Waals surface area contributed by atoms with Gasteiger partial charge in [0.1, 0.15) is 29.5 Å². The number of carbonyl (C=O) groups excluding carboxylic acids is 1. The van der Waals surface area contributed by atoms with E-state index in [-0.39, 0.29) is 18.8 Å². The van der Waals surface area contributed by atoms with Gasteiger partial charge in [0.05, 0.1) is 34.5 Å². The lowest BCUT2D eigenvalue weighted by Gasteiger charge is -2.36. The van der Waals surface area contributed by atoms with Crippen molar-refractivity contribution in [3.63, 3.8) is 0 Å². The third-order valence-electron chi connectivity index (χ3n) is 6.58. The highest BCUT2D eigenvalue weighted by Gasteiger charge is 2.38. The highest BCUT2D eigenvalue weighted by Crippen LogP contribution is 2.41. The van der Waals surface area contributed by atoms with Crippen LogP contribution in [-0.2, 0) is 26.5 Å². The topological polar surface area (TPSA) is 63.2 Å². The molecule has 6 heteroatoms. The van der Waals surface area contributed by atoms with Crippen molar-refractivity contribution in [2.45, 2.75) is 18.6 Å². The summed E-state index contributed by atoms with van der Waals surface area (Å²) in [4.78, 5) is 13.0. The van der Waals surface area contributed by atoms with Gasteiger partial charge in [-0.1, -0.05) is 66.7 Å². The lowest BCUT2D eigenvalue weighted by atomic mass is 9.80. The normalized spacial score (nSPS) is 11.2. The van der Waals surface area contributed by atoms with Crippen molar-refractivity contribution in [1.82, 2.24) is 0 Å². The molecule has 202 valence electrons. The molecule has 0 atom stereocenters. The fourth-order valence-electron chi connectivity index (χ4n) is 4.43. The van der Waals surface area contributed by atoms with Gasteiger partial charge < -0.3 is 23.7 Å². The summed E-state index contributed by atoms with van der Waals surface area (Å²) in [6.45, 7) is 0.639. The first kappa shape index (κ1) is 27.9. The number of Topliss-reactive ketones (excluding diaryl/α,β-unsaturated/α-hetero) is 1. The fourth-order valence-corrected chi connectivity index (χ4v) is 4.43. The predicted octanol–water partition coefficient (Wildman–Crippen LogP) is 6.20. The maximum atomic E-state index is 13.0. The number of hydrogen-bond donors (Lipinski definition) is 0. The van der Waals surface area contributed by atoms with Crippen LogP contribution in [0.3, 0.4) is 0 Å². The van der Waals surface area contributed by atoms with Gasteiger partial charge in [-0.3, -0.25) is 4.79 Å². The molecule has 0 aliphatic carbocycles. The molecule has 0 amide bonds. The van der Waals surface area contributed by atoms with Crippen molar-refractivity contribution in [2.75, 3.05) is 34.5 Å². The number of rotatable bonds is 14. The summed E-state index contributed by atoms with van der Waals surface area (Å²) in [6, 6.07) is 33.1. The first-order valence-electron chi connectivity index (χ1n) is 12.8. The molecule has 39 heavy (non-hydrogen) atoms. The van der Waals surface area contributed by atoms with Crippen molar-refractivity contribution in [3.05, 3.63) is 125 Å². The van der Waals surface area contributed by atoms with E-state index in [4.69, 9.17) is 23.7 Å². The molecule has 0 aromatic heterocycles. The van der Waals surface area contributed by atoms with Crippen LogP contribution in [0, 0.1) is 0 Å². The Morgan fingerprint density at radius 3 is 1.56 bits per heavy atom. The summed E-state index contributed by atoms with van der Waals surface area (Å²) in [5.74, 6) is 2.22. The van der Waals surface area contributed by atoms with Crippen LogP contribution in [-0.4, -0.2) is 40.3 Å². The van der Waals surface area contributed by atoms with Crippen molar-refractivity contribution >= 4 is 5.78 Å². The summed E-state index contributed by atoms with van der Waals surface area (Å²) in [5, 5.41) is 0. The van der Waals surface area contributed by atoms with Crippen LogP contribution in [0.15, 0.2) is 103 Å². The molecule has 0 saturated carbocycles. The molecule has 0 N–H and O–H groups in total. The van der Waals surface area contributed by atoms with E-state index in [0.717, 1.165) is 39.5 Å². The molecule has 0 spiro atoms. The van der Waals surface area contributed by atoms with E-state index in [1.807, 2.05) is 103 Å². The van der Waals surface area contributed by atoms with Crippen molar-refractivity contribution in [2.24, 2.45) is 0 Å². The van der Waals surface area contributed by atoms with Crippen molar-refractivity contribution in [3.8, 4) is 17.2 Å². The quantitative estimate of drug-likeness (QED) is 0.144. The third kappa shape index (κ3) is 6.85. The van der Waals surface area contributed by atoms with Crippen LogP contribution in [0.25, 0.3) is 0 Å². The Labute approximate surface area is 230 Å². The van der Waals surface area contributed by atoms with Crippen LogP contribution < -0.4 is 14.2 Å². The minimum absolute atomic E-state index is 0.0490.